The highest BCUT2D eigenvalue weighted by molar-refractivity contribution is 5.79. The highest BCUT2D eigenvalue weighted by Gasteiger charge is 2.25. The summed E-state index contributed by atoms with van der Waals surface area (Å²) in [4.78, 5) is 11.7. The molecule has 2 atom stereocenters. The summed E-state index contributed by atoms with van der Waals surface area (Å²) in [5.41, 5.74) is 3.67. The third-order valence-electron chi connectivity index (χ3n) is 5.59. The second-order valence-corrected chi connectivity index (χ2v) is 8.48. The van der Waals surface area contributed by atoms with Crippen LogP contribution >= 0.6 is 0 Å². The lowest BCUT2D eigenvalue weighted by molar-refractivity contribution is -0.156. The van der Waals surface area contributed by atoms with Gasteiger partial charge in [0.25, 0.3) is 0 Å². The Balaban J connectivity index is 1.74. The first-order chi connectivity index (χ1) is 15.9. The summed E-state index contributed by atoms with van der Waals surface area (Å²) >= 11 is 0. The minimum Gasteiger partial charge on any atom is -0.486 e. The van der Waals surface area contributed by atoms with Crippen molar-refractivity contribution in [3.05, 3.63) is 83.6 Å². The number of hydrogen-bond donors (Lipinski definition) is 1. The van der Waals surface area contributed by atoms with Crippen LogP contribution < -0.4 is 4.74 Å². The average molecular weight is 451 g/mol. The Hall–Kier alpha value is -3.38. The molecular formula is C27H27FO5. The molecule has 2 heterocycles. The summed E-state index contributed by atoms with van der Waals surface area (Å²) in [5.74, 6) is 0.828. The van der Waals surface area contributed by atoms with Crippen molar-refractivity contribution in [3.8, 4) is 16.9 Å². The van der Waals surface area contributed by atoms with Crippen molar-refractivity contribution in [1.82, 2.24) is 0 Å². The van der Waals surface area contributed by atoms with E-state index in [0.29, 0.717) is 24.5 Å². The van der Waals surface area contributed by atoms with Gasteiger partial charge >= 0.3 is 5.97 Å². The highest BCUT2D eigenvalue weighted by Crippen LogP contribution is 2.36. The van der Waals surface area contributed by atoms with Crippen molar-refractivity contribution < 1.29 is 28.2 Å². The predicted molar refractivity (Wildman–Crippen MR) is 123 cm³/mol. The highest BCUT2D eigenvalue weighted by atomic mass is 19.1. The molecule has 172 valence electrons. The lowest BCUT2D eigenvalue weighted by atomic mass is 9.89. The van der Waals surface area contributed by atoms with E-state index in [2.05, 4.69) is 13.8 Å². The minimum atomic E-state index is -0.709. The zero-order valence-corrected chi connectivity index (χ0v) is 18.7. The van der Waals surface area contributed by atoms with Crippen LogP contribution in [0, 0.1) is 5.82 Å². The molecule has 6 heteroatoms. The summed E-state index contributed by atoms with van der Waals surface area (Å²) in [6.07, 6.45) is 4.49. The zero-order valence-electron chi connectivity index (χ0n) is 18.7. The number of halogens is 1. The Morgan fingerprint density at radius 3 is 2.67 bits per heavy atom. The first-order valence-electron chi connectivity index (χ1n) is 11.0. The smallest absolute Gasteiger partial charge is 0.309 e. The van der Waals surface area contributed by atoms with Crippen LogP contribution in [0.15, 0.2) is 65.3 Å². The molecule has 1 N–H and O–H groups in total. The van der Waals surface area contributed by atoms with Crippen LogP contribution in [-0.4, -0.2) is 23.3 Å². The van der Waals surface area contributed by atoms with Crippen molar-refractivity contribution in [2.45, 2.75) is 51.4 Å². The molecule has 0 amide bonds. The van der Waals surface area contributed by atoms with E-state index in [1.807, 2.05) is 30.3 Å². The fraction of sp³-hybridized carbons (Fsp3) is 0.296. The van der Waals surface area contributed by atoms with Gasteiger partial charge < -0.3 is 19.0 Å². The van der Waals surface area contributed by atoms with Gasteiger partial charge in [-0.1, -0.05) is 32.1 Å². The quantitative estimate of drug-likeness (QED) is 0.456. The predicted octanol–water partition coefficient (Wildman–Crippen LogP) is 5.87. The first-order valence-corrected chi connectivity index (χ1v) is 11.0. The van der Waals surface area contributed by atoms with Crippen LogP contribution in [0.4, 0.5) is 4.39 Å². The molecule has 1 fully saturated rings. The number of benzene rings is 2. The number of ether oxygens (including phenoxy) is 2. The number of esters is 1. The van der Waals surface area contributed by atoms with Crippen molar-refractivity contribution in [3.63, 3.8) is 0 Å². The number of carbonyl (C=O) groups is 1. The standard InChI is InChI=1S/C27H27FO5/c1-17(2)25-14-23(32-16-22-4-3-11-31-22)15-26(18-5-7-19(28)8-6-18)24(25)10-9-21-12-20(29)13-27(30)33-21/h3-11,14-15,17,20-21,29H,12-13,16H2,1-2H3/b10-9+/t20-,21-/m0/s1. The summed E-state index contributed by atoms with van der Waals surface area (Å²) in [6.45, 7) is 4.46. The normalized spacial score (nSPS) is 18.6. The SMILES string of the molecule is CC(C)c1cc(OCc2ccco2)cc(-c2ccc(F)cc2)c1/C=C/[C@H]1C[C@H](O)CC(=O)O1. The fourth-order valence-corrected chi connectivity index (χ4v) is 3.94. The molecule has 2 aromatic carbocycles. The van der Waals surface area contributed by atoms with Gasteiger partial charge in [-0.05, 0) is 70.6 Å². The molecule has 1 aliphatic rings. The van der Waals surface area contributed by atoms with E-state index in [1.165, 1.54) is 12.1 Å². The van der Waals surface area contributed by atoms with Crippen molar-refractivity contribution >= 4 is 12.0 Å². The third kappa shape index (κ3) is 5.71. The van der Waals surface area contributed by atoms with Gasteiger partial charge in [-0.25, -0.2) is 4.39 Å². The average Bonchev–Trinajstić information content (AvgIpc) is 3.29. The summed E-state index contributed by atoms with van der Waals surface area (Å²) in [5, 5.41) is 9.93. The van der Waals surface area contributed by atoms with Crippen molar-refractivity contribution in [2.75, 3.05) is 0 Å². The number of furan rings is 1. The number of carbonyl (C=O) groups excluding carboxylic acids is 1. The van der Waals surface area contributed by atoms with E-state index < -0.39 is 18.2 Å². The molecule has 0 radical (unpaired) electrons. The van der Waals surface area contributed by atoms with Gasteiger partial charge in [0.05, 0.1) is 18.8 Å². The molecular weight excluding hydrogens is 423 g/mol. The molecule has 0 spiro atoms. The molecule has 1 saturated heterocycles. The maximum atomic E-state index is 13.6. The van der Waals surface area contributed by atoms with E-state index in [4.69, 9.17) is 13.9 Å². The molecule has 0 aliphatic carbocycles. The second-order valence-electron chi connectivity index (χ2n) is 8.48. The first kappa shape index (κ1) is 22.8. The Bertz CT molecular complexity index is 1120. The summed E-state index contributed by atoms with van der Waals surface area (Å²) in [6, 6.07) is 13.9. The number of aliphatic hydroxyl groups excluding tert-OH is 1. The second kappa shape index (κ2) is 10.0. The van der Waals surface area contributed by atoms with Gasteiger partial charge in [0.1, 0.15) is 30.0 Å². The Morgan fingerprint density at radius 1 is 1.21 bits per heavy atom. The van der Waals surface area contributed by atoms with Crippen molar-refractivity contribution in [2.24, 2.45) is 0 Å². The van der Waals surface area contributed by atoms with Crippen molar-refractivity contribution in [1.29, 1.82) is 0 Å². The lowest BCUT2D eigenvalue weighted by Crippen LogP contribution is -2.31. The molecule has 0 unspecified atom stereocenters. The molecule has 0 saturated carbocycles. The van der Waals surface area contributed by atoms with Gasteiger partial charge in [-0.2, -0.15) is 0 Å². The van der Waals surface area contributed by atoms with Gasteiger partial charge in [-0.3, -0.25) is 4.79 Å². The van der Waals surface area contributed by atoms with Crippen LogP contribution in [0.2, 0.25) is 0 Å². The Kier molecular flexibility index (Phi) is 6.94. The molecule has 4 rings (SSSR count). The molecule has 5 nitrogen and oxygen atoms in total. The monoisotopic (exact) mass is 450 g/mol. The number of cyclic esters (lactones) is 1. The van der Waals surface area contributed by atoms with Crippen LogP contribution in [0.25, 0.3) is 17.2 Å². The number of aliphatic hydroxyl groups is 1. The molecule has 1 aliphatic heterocycles. The van der Waals surface area contributed by atoms with E-state index >= 15 is 0 Å². The van der Waals surface area contributed by atoms with Crippen LogP contribution in [-0.2, 0) is 16.1 Å². The summed E-state index contributed by atoms with van der Waals surface area (Å²) in [7, 11) is 0. The third-order valence-corrected chi connectivity index (χ3v) is 5.59. The van der Waals surface area contributed by atoms with Gasteiger partial charge in [0, 0.05) is 6.42 Å². The molecule has 3 aromatic rings. The van der Waals surface area contributed by atoms with Gasteiger partial charge in [0.15, 0.2) is 0 Å². The van der Waals surface area contributed by atoms with E-state index in [-0.39, 0.29) is 18.2 Å². The maximum absolute atomic E-state index is 13.6. The topological polar surface area (TPSA) is 68.9 Å². The van der Waals surface area contributed by atoms with Crippen LogP contribution in [0.3, 0.4) is 0 Å². The van der Waals surface area contributed by atoms with Gasteiger partial charge in [-0.15, -0.1) is 0 Å². The number of hydrogen-bond acceptors (Lipinski definition) is 5. The molecule has 1 aromatic heterocycles. The maximum Gasteiger partial charge on any atom is 0.309 e. The van der Waals surface area contributed by atoms with E-state index in [0.717, 1.165) is 22.3 Å². The van der Waals surface area contributed by atoms with Crippen LogP contribution in [0.1, 0.15) is 49.5 Å². The molecule has 0 bridgehead atoms. The van der Waals surface area contributed by atoms with Crippen LogP contribution in [0.5, 0.6) is 5.75 Å². The van der Waals surface area contributed by atoms with Gasteiger partial charge in [0.2, 0.25) is 0 Å². The largest absolute Gasteiger partial charge is 0.486 e. The molecule has 33 heavy (non-hydrogen) atoms. The zero-order chi connectivity index (χ0) is 23.4. The minimum absolute atomic E-state index is 0.0180. The Labute approximate surface area is 192 Å². The van der Waals surface area contributed by atoms with E-state index in [9.17, 15) is 14.3 Å². The number of rotatable bonds is 7. The Morgan fingerprint density at radius 2 is 2.00 bits per heavy atom. The fourth-order valence-electron chi connectivity index (χ4n) is 3.94. The summed E-state index contributed by atoms with van der Waals surface area (Å²) < 4.78 is 30.4. The lowest BCUT2D eigenvalue weighted by Gasteiger charge is -2.24. The van der Waals surface area contributed by atoms with E-state index in [1.54, 1.807) is 24.5 Å².